The van der Waals surface area contributed by atoms with E-state index in [1.165, 1.54) is 12.8 Å². The van der Waals surface area contributed by atoms with E-state index in [-0.39, 0.29) is 0 Å². The summed E-state index contributed by atoms with van der Waals surface area (Å²) >= 11 is 0. The van der Waals surface area contributed by atoms with Crippen LogP contribution in [-0.4, -0.2) is 28.4 Å². The molecule has 2 aliphatic heterocycles. The molecule has 2 fully saturated rings. The zero-order valence-electron chi connectivity index (χ0n) is 8.77. The average molecular weight is 209 g/mol. The first-order chi connectivity index (χ1) is 7.31. The van der Waals surface area contributed by atoms with Crippen LogP contribution in [0.2, 0.25) is 0 Å². The number of hydrogen-bond donors (Lipinski definition) is 1. The number of rotatable bonds is 3. The van der Waals surface area contributed by atoms with E-state index in [2.05, 4.69) is 15.5 Å². The van der Waals surface area contributed by atoms with Crippen molar-refractivity contribution < 1.29 is 9.15 Å². The van der Waals surface area contributed by atoms with Gasteiger partial charge in [0.1, 0.15) is 0 Å². The van der Waals surface area contributed by atoms with Crippen molar-refractivity contribution in [3.8, 4) is 0 Å². The second kappa shape index (κ2) is 3.57. The monoisotopic (exact) mass is 209 g/mol. The van der Waals surface area contributed by atoms with E-state index in [4.69, 9.17) is 9.15 Å². The number of aromatic nitrogens is 2. The maximum atomic E-state index is 5.75. The van der Waals surface area contributed by atoms with E-state index < -0.39 is 0 Å². The Kier molecular flexibility index (Phi) is 2.21. The lowest BCUT2D eigenvalue weighted by molar-refractivity contribution is 0.0970. The molecule has 0 amide bonds. The van der Waals surface area contributed by atoms with Gasteiger partial charge in [-0.25, -0.2) is 0 Å². The fraction of sp³-hybridized carbons (Fsp3) is 0.800. The Morgan fingerprint density at radius 1 is 1.40 bits per heavy atom. The molecule has 15 heavy (non-hydrogen) atoms. The molecule has 82 valence electrons. The maximum Gasteiger partial charge on any atom is 0.230 e. The van der Waals surface area contributed by atoms with Gasteiger partial charge in [0.2, 0.25) is 11.8 Å². The molecule has 0 aliphatic carbocycles. The first-order valence-electron chi connectivity index (χ1n) is 5.49. The van der Waals surface area contributed by atoms with Crippen molar-refractivity contribution in [2.75, 3.05) is 0 Å². The first-order valence-corrected chi connectivity index (χ1v) is 5.49. The molecule has 3 heterocycles. The Morgan fingerprint density at radius 3 is 2.93 bits per heavy atom. The molecule has 3 atom stereocenters. The Balaban J connectivity index is 1.54. The Labute approximate surface area is 88.2 Å². The van der Waals surface area contributed by atoms with Crippen LogP contribution in [0.1, 0.15) is 31.0 Å². The van der Waals surface area contributed by atoms with Gasteiger partial charge in [0.05, 0.1) is 18.8 Å². The van der Waals surface area contributed by atoms with Crippen LogP contribution < -0.4 is 5.32 Å². The van der Waals surface area contributed by atoms with Gasteiger partial charge >= 0.3 is 0 Å². The predicted octanol–water partition coefficient (Wildman–Crippen LogP) is 0.788. The molecule has 0 radical (unpaired) electrons. The number of fused-ring (bicyclic) bond motifs is 2. The Morgan fingerprint density at radius 2 is 2.33 bits per heavy atom. The summed E-state index contributed by atoms with van der Waals surface area (Å²) in [5.74, 6) is 1.28. The summed E-state index contributed by atoms with van der Waals surface area (Å²) in [5.41, 5.74) is 0. The van der Waals surface area contributed by atoms with E-state index in [1.54, 1.807) is 6.92 Å². The molecule has 0 spiro atoms. The van der Waals surface area contributed by atoms with Crippen LogP contribution in [0.15, 0.2) is 4.42 Å². The van der Waals surface area contributed by atoms with Gasteiger partial charge in [-0.15, -0.1) is 10.2 Å². The van der Waals surface area contributed by atoms with Gasteiger partial charge in [0.25, 0.3) is 0 Å². The molecular formula is C10H15N3O2. The topological polar surface area (TPSA) is 60.2 Å². The van der Waals surface area contributed by atoms with Crippen molar-refractivity contribution in [3.05, 3.63) is 11.8 Å². The minimum Gasteiger partial charge on any atom is -0.424 e. The van der Waals surface area contributed by atoms with Crippen molar-refractivity contribution in [1.29, 1.82) is 0 Å². The summed E-state index contributed by atoms with van der Waals surface area (Å²) in [5, 5.41) is 11.2. The van der Waals surface area contributed by atoms with Gasteiger partial charge in [0, 0.05) is 13.0 Å². The molecule has 2 saturated heterocycles. The van der Waals surface area contributed by atoms with Crippen LogP contribution in [0, 0.1) is 6.92 Å². The highest BCUT2D eigenvalue weighted by Gasteiger charge is 2.40. The molecule has 1 aromatic rings. The summed E-state index contributed by atoms with van der Waals surface area (Å²) in [6.07, 6.45) is 4.42. The van der Waals surface area contributed by atoms with Gasteiger partial charge in [-0.3, -0.25) is 0 Å². The lowest BCUT2D eigenvalue weighted by Crippen LogP contribution is -2.37. The number of ether oxygens (including phenoxy) is 1. The second-order valence-corrected chi connectivity index (χ2v) is 4.31. The molecule has 1 aromatic heterocycles. The third kappa shape index (κ3) is 1.77. The average Bonchev–Trinajstić information content (AvgIpc) is 2.90. The molecule has 2 aliphatic rings. The van der Waals surface area contributed by atoms with Crippen molar-refractivity contribution in [3.63, 3.8) is 0 Å². The Hall–Kier alpha value is -0.940. The summed E-state index contributed by atoms with van der Waals surface area (Å²) in [6.45, 7) is 2.45. The van der Waals surface area contributed by atoms with Gasteiger partial charge in [-0.05, 0) is 19.3 Å². The molecular weight excluding hydrogens is 194 g/mol. The molecule has 3 rings (SSSR count). The molecule has 0 aromatic carbocycles. The number of nitrogens with zero attached hydrogens (tertiary/aromatic N) is 2. The summed E-state index contributed by atoms with van der Waals surface area (Å²) in [7, 11) is 0. The summed E-state index contributed by atoms with van der Waals surface area (Å²) in [4.78, 5) is 0. The van der Waals surface area contributed by atoms with E-state index in [0.29, 0.717) is 36.6 Å². The zero-order chi connectivity index (χ0) is 10.3. The molecule has 0 saturated carbocycles. The van der Waals surface area contributed by atoms with Crippen LogP contribution in [0.4, 0.5) is 0 Å². The molecule has 1 N–H and O–H groups in total. The zero-order valence-corrected chi connectivity index (χ0v) is 8.77. The van der Waals surface area contributed by atoms with Crippen LogP contribution in [0.25, 0.3) is 0 Å². The number of hydrogen-bond acceptors (Lipinski definition) is 5. The fourth-order valence-corrected chi connectivity index (χ4v) is 2.48. The SMILES string of the molecule is Cc1nnc(CNC2CC3CCC2O3)o1. The standard InChI is InChI=1S/C10H15N3O2/c1-6-12-13-10(14-6)5-11-8-4-7-2-3-9(8)15-7/h7-9,11H,2-5H2,1H3. The third-order valence-electron chi connectivity index (χ3n) is 3.19. The maximum absolute atomic E-state index is 5.75. The lowest BCUT2D eigenvalue weighted by Gasteiger charge is -2.18. The van der Waals surface area contributed by atoms with Gasteiger partial charge in [-0.2, -0.15) is 0 Å². The summed E-state index contributed by atoms with van der Waals surface area (Å²) < 4.78 is 11.0. The van der Waals surface area contributed by atoms with Crippen molar-refractivity contribution in [2.24, 2.45) is 0 Å². The van der Waals surface area contributed by atoms with Crippen LogP contribution in [-0.2, 0) is 11.3 Å². The van der Waals surface area contributed by atoms with Crippen molar-refractivity contribution in [2.45, 2.75) is 51.0 Å². The second-order valence-electron chi connectivity index (χ2n) is 4.31. The van der Waals surface area contributed by atoms with E-state index in [0.717, 1.165) is 6.42 Å². The van der Waals surface area contributed by atoms with E-state index >= 15 is 0 Å². The fourth-order valence-electron chi connectivity index (χ4n) is 2.48. The molecule has 5 heteroatoms. The van der Waals surface area contributed by atoms with E-state index in [9.17, 15) is 0 Å². The van der Waals surface area contributed by atoms with Crippen molar-refractivity contribution >= 4 is 0 Å². The highest BCUT2D eigenvalue weighted by Crippen LogP contribution is 2.34. The van der Waals surface area contributed by atoms with Crippen LogP contribution >= 0.6 is 0 Å². The molecule has 3 unspecified atom stereocenters. The third-order valence-corrected chi connectivity index (χ3v) is 3.19. The smallest absolute Gasteiger partial charge is 0.230 e. The quantitative estimate of drug-likeness (QED) is 0.797. The normalized spacial score (nSPS) is 33.8. The molecule has 5 nitrogen and oxygen atoms in total. The Bertz CT molecular complexity index is 352. The van der Waals surface area contributed by atoms with E-state index in [1.807, 2.05) is 0 Å². The minimum absolute atomic E-state index is 0.402. The predicted molar refractivity (Wildman–Crippen MR) is 52.2 cm³/mol. The highest BCUT2D eigenvalue weighted by atomic mass is 16.5. The minimum atomic E-state index is 0.402. The first kappa shape index (κ1) is 9.30. The van der Waals surface area contributed by atoms with Gasteiger partial charge in [-0.1, -0.05) is 0 Å². The van der Waals surface area contributed by atoms with Gasteiger partial charge in [0.15, 0.2) is 0 Å². The van der Waals surface area contributed by atoms with Crippen LogP contribution in [0.5, 0.6) is 0 Å². The highest BCUT2D eigenvalue weighted by molar-refractivity contribution is 4.94. The van der Waals surface area contributed by atoms with Crippen molar-refractivity contribution in [1.82, 2.24) is 15.5 Å². The molecule has 2 bridgehead atoms. The summed E-state index contributed by atoms with van der Waals surface area (Å²) in [6, 6.07) is 0.468. The lowest BCUT2D eigenvalue weighted by atomic mass is 9.95. The van der Waals surface area contributed by atoms with Gasteiger partial charge < -0.3 is 14.5 Å². The number of aryl methyl sites for hydroxylation is 1. The largest absolute Gasteiger partial charge is 0.424 e. The number of nitrogens with one attached hydrogen (secondary N) is 1. The van der Waals surface area contributed by atoms with Crippen LogP contribution in [0.3, 0.4) is 0 Å².